The van der Waals surface area contributed by atoms with E-state index < -0.39 is 9.96 Å². The van der Waals surface area contributed by atoms with Crippen LogP contribution in [-0.2, 0) is 0 Å². The summed E-state index contributed by atoms with van der Waals surface area (Å²) in [6.45, 7) is 2.84. The van der Waals surface area contributed by atoms with Crippen LogP contribution < -0.4 is 16.0 Å². The van der Waals surface area contributed by atoms with Crippen LogP contribution in [0, 0.1) is 0 Å². The first-order valence-corrected chi connectivity index (χ1v) is 7.90. The third kappa shape index (κ3) is 6.95. The molecule has 0 amide bonds. The molecule has 3 N–H and O–H groups in total. The van der Waals surface area contributed by atoms with Crippen LogP contribution in [-0.4, -0.2) is 21.6 Å². The Kier molecular flexibility index (Phi) is 7.92. The van der Waals surface area contributed by atoms with Crippen molar-refractivity contribution in [2.24, 2.45) is 0 Å². The number of unbranched alkanes of at least 4 members (excludes halogenated alkanes) is 1. The van der Waals surface area contributed by atoms with E-state index in [1.165, 1.54) is 0 Å². The number of hydrogen-bond donors (Lipinski definition) is 3. The highest BCUT2D eigenvalue weighted by Crippen LogP contribution is 2.29. The number of anilines is 1. The van der Waals surface area contributed by atoms with Gasteiger partial charge < -0.3 is 10.6 Å². The molecule has 20 heavy (non-hydrogen) atoms. The van der Waals surface area contributed by atoms with Crippen molar-refractivity contribution in [1.82, 2.24) is 10.6 Å². The molecular formula is C13H18Cl3N3S. The van der Waals surface area contributed by atoms with Crippen LogP contribution in [0.25, 0.3) is 0 Å². The Morgan fingerprint density at radius 3 is 2.45 bits per heavy atom. The molecule has 7 heteroatoms. The van der Waals surface area contributed by atoms with E-state index in [0.717, 1.165) is 25.1 Å². The van der Waals surface area contributed by atoms with Crippen molar-refractivity contribution in [3.05, 3.63) is 30.3 Å². The SMILES string of the molecule is CCCCNC(NC(=S)Nc1ccccc1)C(Cl)(Cl)Cl. The van der Waals surface area contributed by atoms with E-state index in [1.807, 2.05) is 30.3 Å². The minimum Gasteiger partial charge on any atom is -0.343 e. The molecule has 0 saturated carbocycles. The summed E-state index contributed by atoms with van der Waals surface area (Å²) in [5.74, 6) is 0. The standard InChI is InChI=1S/C13H18Cl3N3S/c1-2-3-9-17-11(13(14,15)16)19-12(20)18-10-7-5-4-6-8-10/h4-8,11,17H,2-3,9H2,1H3,(H2,18,19,20). The van der Waals surface area contributed by atoms with Gasteiger partial charge in [0.15, 0.2) is 5.11 Å². The fourth-order valence-electron chi connectivity index (χ4n) is 1.49. The Hall–Kier alpha value is -0.260. The Morgan fingerprint density at radius 2 is 1.90 bits per heavy atom. The van der Waals surface area contributed by atoms with Gasteiger partial charge in [0.05, 0.1) is 0 Å². The molecule has 112 valence electrons. The minimum absolute atomic E-state index is 0.400. The molecule has 0 fully saturated rings. The first-order valence-electron chi connectivity index (χ1n) is 6.36. The average molecular weight is 355 g/mol. The zero-order chi connectivity index (χ0) is 15.0. The highest BCUT2D eigenvalue weighted by atomic mass is 35.6. The Labute approximate surface area is 140 Å². The Bertz CT molecular complexity index is 409. The monoisotopic (exact) mass is 353 g/mol. The summed E-state index contributed by atoms with van der Waals surface area (Å²) < 4.78 is -1.49. The lowest BCUT2D eigenvalue weighted by Crippen LogP contribution is -2.54. The summed E-state index contributed by atoms with van der Waals surface area (Å²) >= 11 is 23.1. The first kappa shape index (κ1) is 17.8. The van der Waals surface area contributed by atoms with Crippen LogP contribution in [0.15, 0.2) is 30.3 Å². The molecule has 0 radical (unpaired) electrons. The molecule has 0 heterocycles. The van der Waals surface area contributed by atoms with Crippen molar-refractivity contribution in [2.75, 3.05) is 11.9 Å². The summed E-state index contributed by atoms with van der Waals surface area (Å²) in [6, 6.07) is 9.57. The molecule has 0 saturated heterocycles. The smallest absolute Gasteiger partial charge is 0.223 e. The van der Waals surface area contributed by atoms with Gasteiger partial charge in [0.2, 0.25) is 3.79 Å². The fourth-order valence-corrected chi connectivity index (χ4v) is 2.12. The lowest BCUT2D eigenvalue weighted by Gasteiger charge is -2.28. The van der Waals surface area contributed by atoms with E-state index in [-0.39, 0.29) is 0 Å². The number of hydrogen-bond acceptors (Lipinski definition) is 2. The third-order valence-corrected chi connectivity index (χ3v) is 3.39. The van der Waals surface area contributed by atoms with Crippen molar-refractivity contribution in [3.8, 4) is 0 Å². The molecule has 0 aliphatic carbocycles. The molecular weight excluding hydrogens is 337 g/mol. The van der Waals surface area contributed by atoms with E-state index in [9.17, 15) is 0 Å². The Morgan fingerprint density at radius 1 is 1.25 bits per heavy atom. The van der Waals surface area contributed by atoms with Crippen molar-refractivity contribution in [2.45, 2.75) is 29.7 Å². The molecule has 0 aliphatic rings. The second kappa shape index (κ2) is 8.90. The normalized spacial score (nSPS) is 12.8. The lowest BCUT2D eigenvalue weighted by atomic mass is 10.3. The van der Waals surface area contributed by atoms with Gasteiger partial charge in [-0.2, -0.15) is 0 Å². The van der Waals surface area contributed by atoms with E-state index >= 15 is 0 Å². The van der Waals surface area contributed by atoms with Gasteiger partial charge in [-0.25, -0.2) is 0 Å². The van der Waals surface area contributed by atoms with Gasteiger partial charge in [0, 0.05) is 5.69 Å². The fraction of sp³-hybridized carbons (Fsp3) is 0.462. The van der Waals surface area contributed by atoms with Crippen LogP contribution in [0.2, 0.25) is 0 Å². The zero-order valence-corrected chi connectivity index (χ0v) is 14.2. The van der Waals surface area contributed by atoms with Crippen molar-refractivity contribution >= 4 is 57.8 Å². The number of alkyl halides is 3. The van der Waals surface area contributed by atoms with Crippen molar-refractivity contribution in [1.29, 1.82) is 0 Å². The molecule has 1 aromatic rings. The maximum atomic E-state index is 5.94. The molecule has 0 spiro atoms. The third-order valence-electron chi connectivity index (χ3n) is 2.51. The van der Waals surface area contributed by atoms with Gasteiger partial charge in [-0.3, -0.25) is 5.32 Å². The van der Waals surface area contributed by atoms with E-state index in [1.54, 1.807) is 0 Å². The van der Waals surface area contributed by atoms with Crippen LogP contribution >= 0.6 is 47.0 Å². The molecule has 1 unspecified atom stereocenters. The van der Waals surface area contributed by atoms with Gasteiger partial charge in [0.25, 0.3) is 0 Å². The van der Waals surface area contributed by atoms with E-state index in [4.69, 9.17) is 47.0 Å². The van der Waals surface area contributed by atoms with Gasteiger partial charge in [-0.05, 0) is 37.3 Å². The highest BCUT2D eigenvalue weighted by Gasteiger charge is 2.32. The van der Waals surface area contributed by atoms with Gasteiger partial charge in [0.1, 0.15) is 6.17 Å². The van der Waals surface area contributed by atoms with Crippen molar-refractivity contribution < 1.29 is 0 Å². The number of nitrogens with one attached hydrogen (secondary N) is 3. The lowest BCUT2D eigenvalue weighted by molar-refractivity contribution is 0.484. The number of benzene rings is 1. The van der Waals surface area contributed by atoms with Crippen LogP contribution in [0.1, 0.15) is 19.8 Å². The summed E-state index contributed by atoms with van der Waals surface area (Å²) in [4.78, 5) is 0. The molecule has 1 rings (SSSR count). The van der Waals surface area contributed by atoms with E-state index in [2.05, 4.69) is 22.9 Å². The summed E-state index contributed by atoms with van der Waals surface area (Å²) in [5.41, 5.74) is 0.877. The summed E-state index contributed by atoms with van der Waals surface area (Å²) in [7, 11) is 0. The zero-order valence-electron chi connectivity index (χ0n) is 11.1. The topological polar surface area (TPSA) is 36.1 Å². The second-order valence-corrected chi connectivity index (χ2v) is 7.02. The average Bonchev–Trinajstić information content (AvgIpc) is 2.38. The highest BCUT2D eigenvalue weighted by molar-refractivity contribution is 7.80. The molecule has 0 aromatic heterocycles. The molecule has 1 aromatic carbocycles. The summed E-state index contributed by atoms with van der Waals surface area (Å²) in [6.07, 6.45) is 1.51. The van der Waals surface area contributed by atoms with Gasteiger partial charge >= 0.3 is 0 Å². The number of rotatable bonds is 6. The predicted molar refractivity (Wildman–Crippen MR) is 92.8 cm³/mol. The number of para-hydroxylation sites is 1. The summed E-state index contributed by atoms with van der Waals surface area (Å²) in [5, 5.41) is 9.56. The van der Waals surface area contributed by atoms with Crippen LogP contribution in [0.4, 0.5) is 5.69 Å². The minimum atomic E-state index is -1.49. The molecule has 0 aliphatic heterocycles. The number of halogens is 3. The maximum absolute atomic E-state index is 5.94. The first-order chi connectivity index (χ1) is 9.43. The van der Waals surface area contributed by atoms with Crippen molar-refractivity contribution in [3.63, 3.8) is 0 Å². The van der Waals surface area contributed by atoms with Crippen LogP contribution in [0.5, 0.6) is 0 Å². The Balaban J connectivity index is 2.53. The largest absolute Gasteiger partial charge is 0.343 e. The quantitative estimate of drug-likeness (QED) is 0.312. The number of thiocarbonyl (C=S) groups is 1. The van der Waals surface area contributed by atoms with Gasteiger partial charge in [-0.15, -0.1) is 0 Å². The van der Waals surface area contributed by atoms with Gasteiger partial charge in [-0.1, -0.05) is 66.3 Å². The maximum Gasteiger partial charge on any atom is 0.223 e. The van der Waals surface area contributed by atoms with E-state index in [0.29, 0.717) is 5.11 Å². The predicted octanol–water partition coefficient (Wildman–Crippen LogP) is 4.06. The molecule has 0 bridgehead atoms. The second-order valence-electron chi connectivity index (χ2n) is 4.25. The van der Waals surface area contributed by atoms with Crippen LogP contribution in [0.3, 0.4) is 0 Å². The molecule has 1 atom stereocenters. The molecule has 3 nitrogen and oxygen atoms in total.